The normalized spacial score (nSPS) is 27.2. The van der Waals surface area contributed by atoms with Gasteiger partial charge in [-0.25, -0.2) is 0 Å². The maximum absolute atomic E-state index is 2.53. The van der Waals surface area contributed by atoms with Crippen molar-refractivity contribution < 1.29 is 0 Å². The third-order valence-electron chi connectivity index (χ3n) is 13.1. The van der Waals surface area contributed by atoms with Crippen molar-refractivity contribution in [3.05, 3.63) is 138 Å². The van der Waals surface area contributed by atoms with Gasteiger partial charge in [0.05, 0.1) is 0 Å². The smallest absolute Gasteiger partial charge is 0.0443 e. The van der Waals surface area contributed by atoms with Gasteiger partial charge >= 0.3 is 0 Å². The Hall–Kier alpha value is -4.10. The highest BCUT2D eigenvalue weighted by atomic mass is 15.1. The molecule has 0 radical (unpaired) electrons. The van der Waals surface area contributed by atoms with Gasteiger partial charge in [-0.1, -0.05) is 109 Å². The molecule has 5 aromatic carbocycles. The molecule has 5 aromatic rings. The summed E-state index contributed by atoms with van der Waals surface area (Å²) in [5.74, 6) is 3.48. The lowest BCUT2D eigenvalue weighted by Gasteiger charge is -2.61. The van der Waals surface area contributed by atoms with Crippen molar-refractivity contribution in [3.8, 4) is 33.4 Å². The quantitative estimate of drug-likeness (QED) is 0.203. The third-order valence-corrected chi connectivity index (χ3v) is 13.1. The van der Waals surface area contributed by atoms with Crippen molar-refractivity contribution in [2.45, 2.75) is 49.9 Å². The van der Waals surface area contributed by atoms with Crippen LogP contribution in [0.15, 0.2) is 115 Å². The van der Waals surface area contributed by atoms with Gasteiger partial charge in [-0.2, -0.15) is 0 Å². The number of nitrogens with zero attached hydrogens (tertiary/aromatic N) is 1. The number of hydrogen-bond acceptors (Lipinski definition) is 1. The lowest BCUT2D eigenvalue weighted by Crippen LogP contribution is -2.55. The van der Waals surface area contributed by atoms with Gasteiger partial charge in [0.15, 0.2) is 0 Å². The van der Waals surface area contributed by atoms with Crippen LogP contribution in [0.1, 0.15) is 61.3 Å². The van der Waals surface area contributed by atoms with Crippen LogP contribution in [0.5, 0.6) is 0 Å². The zero-order valence-corrected chi connectivity index (χ0v) is 26.5. The molecule has 0 aromatic heterocycles. The summed E-state index contributed by atoms with van der Waals surface area (Å²) >= 11 is 0. The second-order valence-electron chi connectivity index (χ2n) is 15.2. The minimum atomic E-state index is -0.0925. The predicted octanol–water partition coefficient (Wildman–Crippen LogP) is 10.5. The Morgan fingerprint density at radius 2 is 1.00 bits per heavy atom. The van der Waals surface area contributed by atoms with E-state index in [2.05, 4.69) is 134 Å². The Kier molecular flexibility index (Phi) is 5.36. The number of rotatable bonds is 4. The fourth-order valence-electron chi connectivity index (χ4n) is 11.7. The summed E-state index contributed by atoms with van der Waals surface area (Å²) in [5.41, 5.74) is 16.1. The Balaban J connectivity index is 1.12. The highest BCUT2D eigenvalue weighted by Gasteiger charge is 2.61. The van der Waals surface area contributed by atoms with E-state index in [4.69, 9.17) is 0 Å². The van der Waals surface area contributed by atoms with Gasteiger partial charge in [-0.3, -0.25) is 0 Å². The fraction of sp³-hybridized carbons (Fsp3) is 0.318. The van der Waals surface area contributed by atoms with Crippen LogP contribution in [0, 0.1) is 23.7 Å². The molecule has 0 aliphatic heterocycles. The van der Waals surface area contributed by atoms with Gasteiger partial charge in [0.2, 0.25) is 0 Å². The summed E-state index contributed by atoms with van der Waals surface area (Å²) in [7, 11) is 2.31. The molecule has 0 unspecified atom stereocenters. The number of anilines is 1. The maximum atomic E-state index is 2.53. The van der Waals surface area contributed by atoms with Gasteiger partial charge in [0.25, 0.3) is 0 Å². The molecule has 6 aliphatic rings. The molecule has 6 aliphatic carbocycles. The summed E-state index contributed by atoms with van der Waals surface area (Å²) < 4.78 is 0. The van der Waals surface area contributed by atoms with Crippen molar-refractivity contribution >= 4 is 5.69 Å². The molecule has 222 valence electrons. The van der Waals surface area contributed by atoms with Crippen molar-refractivity contribution in [2.24, 2.45) is 23.7 Å². The molecule has 0 atom stereocenters. The molecule has 4 saturated carbocycles. The highest BCUT2D eigenvalue weighted by Crippen LogP contribution is 2.70. The van der Waals surface area contributed by atoms with Crippen molar-refractivity contribution in [2.75, 3.05) is 18.5 Å². The second kappa shape index (κ2) is 9.23. The first-order chi connectivity index (χ1) is 22.1. The number of hydrogen-bond donors (Lipinski definition) is 0. The predicted molar refractivity (Wildman–Crippen MR) is 187 cm³/mol. The van der Waals surface area contributed by atoms with E-state index in [1.165, 1.54) is 82.3 Å². The van der Waals surface area contributed by atoms with Gasteiger partial charge in [-0.05, 0) is 119 Å². The molecule has 0 N–H and O–H groups in total. The van der Waals surface area contributed by atoms with E-state index in [1.807, 2.05) is 0 Å². The molecule has 4 fully saturated rings. The van der Waals surface area contributed by atoms with Gasteiger partial charge in [0, 0.05) is 35.7 Å². The van der Waals surface area contributed by atoms with Crippen LogP contribution in [-0.4, -0.2) is 13.6 Å². The zero-order valence-electron chi connectivity index (χ0n) is 26.5. The van der Waals surface area contributed by atoms with E-state index in [-0.39, 0.29) is 10.8 Å². The molecule has 4 bridgehead atoms. The molecular weight excluding hydrogens is 542 g/mol. The van der Waals surface area contributed by atoms with Crippen LogP contribution in [0.25, 0.3) is 33.4 Å². The average Bonchev–Trinajstić information content (AvgIpc) is 3.51. The second-order valence-corrected chi connectivity index (χ2v) is 15.2. The van der Waals surface area contributed by atoms with E-state index >= 15 is 0 Å². The van der Waals surface area contributed by atoms with E-state index in [0.717, 1.165) is 30.2 Å². The van der Waals surface area contributed by atoms with Crippen molar-refractivity contribution in [3.63, 3.8) is 0 Å². The monoisotopic (exact) mass is 583 g/mol. The molecule has 45 heavy (non-hydrogen) atoms. The van der Waals surface area contributed by atoms with Crippen LogP contribution >= 0.6 is 0 Å². The molecule has 1 nitrogen and oxygen atoms in total. The van der Waals surface area contributed by atoms with Crippen LogP contribution < -0.4 is 4.90 Å². The first-order valence-corrected chi connectivity index (χ1v) is 17.3. The first-order valence-electron chi connectivity index (χ1n) is 17.3. The number of fused-ring (bicyclic) bond motifs is 6. The SMILES string of the molecule is CN(CC1(C)c2ccccc2-c2ccccc21)c1ccccc1-c1cccc2c1-c1ccccc1C21C2CC3CC(C2)CC1C3. The molecule has 1 heteroatoms. The number of likely N-dealkylation sites (N-methyl/N-ethyl adjacent to an activating group) is 1. The zero-order chi connectivity index (χ0) is 29.9. The molecule has 11 rings (SSSR count). The lowest BCUT2D eigenvalue weighted by atomic mass is 9.43. The summed E-state index contributed by atoms with van der Waals surface area (Å²) in [5, 5.41) is 0. The van der Waals surface area contributed by atoms with Crippen LogP contribution in [-0.2, 0) is 10.8 Å². The Labute approximate surface area is 267 Å². The standard InChI is InChI=1S/C44H41N/c1-43(37-17-7-3-12-32(37)33-13-4-8-18-38(33)43)27-45(2)41-21-10-6-14-34(41)35-16-11-20-40-42(35)36-15-5-9-19-39(36)44(40)30-23-28-22-29(25-30)26-31(44)24-28/h3-21,28-31H,22-27H2,1-2H3. The first kappa shape index (κ1) is 26.1. The van der Waals surface area contributed by atoms with Crippen LogP contribution in [0.3, 0.4) is 0 Å². The van der Waals surface area contributed by atoms with Crippen LogP contribution in [0.2, 0.25) is 0 Å². The lowest BCUT2D eigenvalue weighted by molar-refractivity contribution is -0.0399. The van der Waals surface area contributed by atoms with Crippen molar-refractivity contribution in [1.29, 1.82) is 0 Å². The van der Waals surface area contributed by atoms with E-state index in [1.54, 1.807) is 11.1 Å². The number of para-hydroxylation sites is 1. The Morgan fingerprint density at radius 1 is 0.511 bits per heavy atom. The molecule has 0 saturated heterocycles. The van der Waals surface area contributed by atoms with Gasteiger partial charge < -0.3 is 4.90 Å². The van der Waals surface area contributed by atoms with Crippen LogP contribution in [0.4, 0.5) is 5.69 Å². The number of benzene rings is 5. The summed E-state index contributed by atoms with van der Waals surface area (Å²) in [6.45, 7) is 3.36. The van der Waals surface area contributed by atoms with E-state index in [9.17, 15) is 0 Å². The highest BCUT2D eigenvalue weighted by molar-refractivity contribution is 5.96. The minimum absolute atomic E-state index is 0.0925. The largest absolute Gasteiger partial charge is 0.373 e. The fourth-order valence-corrected chi connectivity index (χ4v) is 11.7. The molecule has 0 amide bonds. The molecule has 0 heterocycles. The Morgan fingerprint density at radius 3 is 1.64 bits per heavy atom. The third kappa shape index (κ3) is 3.34. The summed E-state index contributed by atoms with van der Waals surface area (Å²) in [6.07, 6.45) is 7.18. The maximum Gasteiger partial charge on any atom is 0.0443 e. The van der Waals surface area contributed by atoms with Gasteiger partial charge in [-0.15, -0.1) is 0 Å². The summed E-state index contributed by atoms with van der Waals surface area (Å²) in [4.78, 5) is 2.53. The van der Waals surface area contributed by atoms with Crippen molar-refractivity contribution in [1.82, 2.24) is 0 Å². The Bertz CT molecular complexity index is 1920. The van der Waals surface area contributed by atoms with E-state index < -0.39 is 0 Å². The topological polar surface area (TPSA) is 3.24 Å². The molecule has 1 spiro atoms. The average molecular weight is 584 g/mol. The van der Waals surface area contributed by atoms with Gasteiger partial charge in [0.1, 0.15) is 0 Å². The summed E-state index contributed by atoms with van der Waals surface area (Å²) in [6, 6.07) is 44.2. The minimum Gasteiger partial charge on any atom is -0.373 e. The van der Waals surface area contributed by atoms with E-state index in [0.29, 0.717) is 0 Å². The molecular formula is C44H41N.